The second-order valence-electron chi connectivity index (χ2n) is 4.77. The Bertz CT molecular complexity index is 554. The highest BCUT2D eigenvalue weighted by atomic mass is 16.4. The van der Waals surface area contributed by atoms with E-state index in [-0.39, 0.29) is 0 Å². The fraction of sp³-hybridized carbons (Fsp3) is 0.235. The highest BCUT2D eigenvalue weighted by Gasteiger charge is 2.39. The molecule has 0 saturated heterocycles. The Morgan fingerprint density at radius 2 is 1.60 bits per heavy atom. The van der Waals surface area contributed by atoms with Crippen LogP contribution < -0.4 is 5.32 Å². The van der Waals surface area contributed by atoms with Crippen molar-refractivity contribution in [2.75, 3.05) is 6.54 Å². The molecule has 0 fully saturated rings. The number of carbonyl (C=O) groups is 1. The van der Waals surface area contributed by atoms with Gasteiger partial charge >= 0.3 is 5.97 Å². The van der Waals surface area contributed by atoms with Crippen molar-refractivity contribution in [3.05, 3.63) is 71.8 Å². The molecular weight excluding hydrogens is 250 g/mol. The number of benzene rings is 2. The van der Waals surface area contributed by atoms with E-state index in [1.807, 2.05) is 67.6 Å². The fourth-order valence-corrected chi connectivity index (χ4v) is 2.47. The van der Waals surface area contributed by atoms with E-state index in [9.17, 15) is 9.90 Å². The van der Waals surface area contributed by atoms with Crippen molar-refractivity contribution >= 4 is 5.97 Å². The predicted octanol–water partition coefficient (Wildman–Crippen LogP) is 2.82. The summed E-state index contributed by atoms with van der Waals surface area (Å²) in [5, 5.41) is 13.0. The van der Waals surface area contributed by atoms with E-state index < -0.39 is 11.5 Å². The van der Waals surface area contributed by atoms with Crippen LogP contribution >= 0.6 is 0 Å². The third kappa shape index (κ3) is 2.89. The first-order chi connectivity index (χ1) is 9.69. The lowest BCUT2D eigenvalue weighted by Crippen LogP contribution is -2.51. The number of rotatable bonds is 6. The molecule has 0 bridgehead atoms. The minimum absolute atomic E-state index is 0.418. The Kier molecular flexibility index (Phi) is 4.53. The lowest BCUT2D eigenvalue weighted by molar-refractivity contribution is -0.145. The van der Waals surface area contributed by atoms with Crippen molar-refractivity contribution in [1.82, 2.24) is 5.32 Å². The lowest BCUT2D eigenvalue weighted by Gasteiger charge is -2.31. The zero-order valence-electron chi connectivity index (χ0n) is 11.5. The largest absolute Gasteiger partial charge is 0.480 e. The van der Waals surface area contributed by atoms with E-state index in [1.165, 1.54) is 0 Å². The molecule has 0 aromatic heterocycles. The van der Waals surface area contributed by atoms with Gasteiger partial charge in [-0.2, -0.15) is 0 Å². The fourth-order valence-electron chi connectivity index (χ4n) is 2.47. The zero-order chi connectivity index (χ0) is 14.4. The summed E-state index contributed by atoms with van der Waals surface area (Å²) in [6.45, 7) is 2.51. The van der Waals surface area contributed by atoms with E-state index in [4.69, 9.17) is 0 Å². The number of hydrogen-bond donors (Lipinski definition) is 2. The Morgan fingerprint density at radius 1 is 1.05 bits per heavy atom. The van der Waals surface area contributed by atoms with Gasteiger partial charge in [-0.3, -0.25) is 5.32 Å². The summed E-state index contributed by atoms with van der Waals surface area (Å²) in [6, 6.07) is 19.1. The quantitative estimate of drug-likeness (QED) is 0.847. The number of aliphatic carboxylic acids is 1. The van der Waals surface area contributed by atoms with Crippen molar-refractivity contribution in [2.24, 2.45) is 0 Å². The molecule has 2 rings (SSSR count). The van der Waals surface area contributed by atoms with Crippen LogP contribution in [0.15, 0.2) is 60.7 Å². The van der Waals surface area contributed by atoms with E-state index in [0.29, 0.717) is 13.0 Å². The molecule has 3 nitrogen and oxygen atoms in total. The summed E-state index contributed by atoms with van der Waals surface area (Å²) in [5.41, 5.74) is 0.690. The van der Waals surface area contributed by atoms with Crippen LogP contribution in [-0.4, -0.2) is 17.6 Å². The number of hydrogen-bond acceptors (Lipinski definition) is 2. The number of carboxylic acids is 1. The molecule has 0 radical (unpaired) electrons. The van der Waals surface area contributed by atoms with E-state index in [0.717, 1.165) is 11.1 Å². The van der Waals surface area contributed by atoms with E-state index in [2.05, 4.69) is 5.32 Å². The summed E-state index contributed by atoms with van der Waals surface area (Å²) in [4.78, 5) is 12.0. The van der Waals surface area contributed by atoms with E-state index in [1.54, 1.807) is 0 Å². The van der Waals surface area contributed by atoms with Crippen LogP contribution in [0, 0.1) is 0 Å². The third-order valence-electron chi connectivity index (χ3n) is 3.42. The summed E-state index contributed by atoms with van der Waals surface area (Å²) < 4.78 is 0. The lowest BCUT2D eigenvalue weighted by atomic mass is 9.83. The Hall–Kier alpha value is -2.13. The molecule has 0 heterocycles. The maximum atomic E-state index is 12.0. The first kappa shape index (κ1) is 14.3. The number of carboxylic acid groups (broad SMARTS) is 1. The van der Waals surface area contributed by atoms with Crippen molar-refractivity contribution in [2.45, 2.75) is 18.9 Å². The Balaban J connectivity index is 2.45. The summed E-state index contributed by atoms with van der Waals surface area (Å²) >= 11 is 0. The van der Waals surface area contributed by atoms with Gasteiger partial charge in [0.15, 0.2) is 0 Å². The molecular formula is C17H19NO2. The molecule has 0 aliphatic heterocycles. The summed E-state index contributed by atoms with van der Waals surface area (Å²) in [6.07, 6.45) is 0.418. The van der Waals surface area contributed by atoms with Gasteiger partial charge in [-0.05, 0) is 17.7 Å². The highest BCUT2D eigenvalue weighted by molar-refractivity contribution is 5.81. The minimum Gasteiger partial charge on any atom is -0.480 e. The molecule has 20 heavy (non-hydrogen) atoms. The van der Waals surface area contributed by atoms with Crippen LogP contribution in [0.3, 0.4) is 0 Å². The monoisotopic (exact) mass is 269 g/mol. The third-order valence-corrected chi connectivity index (χ3v) is 3.42. The van der Waals surface area contributed by atoms with Crippen molar-refractivity contribution < 1.29 is 9.90 Å². The number of likely N-dealkylation sites (N-methyl/N-ethyl adjacent to an activating group) is 1. The van der Waals surface area contributed by atoms with Crippen LogP contribution in [0.1, 0.15) is 18.1 Å². The van der Waals surface area contributed by atoms with Gasteiger partial charge in [0, 0.05) is 6.42 Å². The first-order valence-electron chi connectivity index (χ1n) is 6.77. The maximum Gasteiger partial charge on any atom is 0.328 e. The zero-order valence-corrected chi connectivity index (χ0v) is 11.5. The maximum absolute atomic E-state index is 12.0. The number of nitrogens with one attached hydrogen (secondary N) is 1. The summed E-state index contributed by atoms with van der Waals surface area (Å²) in [7, 11) is 0. The summed E-state index contributed by atoms with van der Waals surface area (Å²) in [5.74, 6) is -0.852. The molecule has 1 unspecified atom stereocenters. The molecule has 1 atom stereocenters. The average molecular weight is 269 g/mol. The minimum atomic E-state index is -1.09. The smallest absolute Gasteiger partial charge is 0.328 e. The van der Waals surface area contributed by atoms with Crippen LogP contribution in [-0.2, 0) is 16.8 Å². The van der Waals surface area contributed by atoms with Gasteiger partial charge in [-0.15, -0.1) is 0 Å². The molecule has 0 spiro atoms. The van der Waals surface area contributed by atoms with Gasteiger partial charge < -0.3 is 5.11 Å². The highest BCUT2D eigenvalue weighted by Crippen LogP contribution is 2.26. The van der Waals surface area contributed by atoms with E-state index >= 15 is 0 Å². The van der Waals surface area contributed by atoms with Gasteiger partial charge in [0.25, 0.3) is 0 Å². The standard InChI is InChI=1S/C17H19NO2/c1-2-18-17(16(19)20,15-11-7-4-8-12-15)13-14-9-5-3-6-10-14/h3-12,18H,2,13H2,1H3,(H,19,20). The SMILES string of the molecule is CCNC(Cc1ccccc1)(C(=O)O)c1ccccc1. The van der Waals surface area contributed by atoms with Crippen LogP contribution in [0.4, 0.5) is 0 Å². The Morgan fingerprint density at radius 3 is 2.10 bits per heavy atom. The molecule has 0 amide bonds. The van der Waals surface area contributed by atoms with Crippen LogP contribution in [0.25, 0.3) is 0 Å². The molecule has 3 heteroatoms. The topological polar surface area (TPSA) is 49.3 Å². The molecule has 0 aliphatic carbocycles. The van der Waals surface area contributed by atoms with Gasteiger partial charge in [0.2, 0.25) is 0 Å². The normalized spacial score (nSPS) is 13.7. The van der Waals surface area contributed by atoms with Crippen molar-refractivity contribution in [1.29, 1.82) is 0 Å². The van der Waals surface area contributed by atoms with Crippen molar-refractivity contribution in [3.8, 4) is 0 Å². The molecule has 0 saturated carbocycles. The molecule has 0 aliphatic rings. The molecule has 2 N–H and O–H groups in total. The Labute approximate surface area is 119 Å². The molecule has 2 aromatic rings. The van der Waals surface area contributed by atoms with Crippen molar-refractivity contribution in [3.63, 3.8) is 0 Å². The first-order valence-corrected chi connectivity index (χ1v) is 6.77. The average Bonchev–Trinajstić information content (AvgIpc) is 2.48. The molecule has 104 valence electrons. The van der Waals surface area contributed by atoms with Gasteiger partial charge in [-0.1, -0.05) is 67.6 Å². The van der Waals surface area contributed by atoms with Gasteiger partial charge in [0.05, 0.1) is 0 Å². The van der Waals surface area contributed by atoms with Gasteiger partial charge in [-0.25, -0.2) is 4.79 Å². The van der Waals surface area contributed by atoms with Crippen LogP contribution in [0.5, 0.6) is 0 Å². The predicted molar refractivity (Wildman–Crippen MR) is 79.6 cm³/mol. The molecule has 2 aromatic carbocycles. The van der Waals surface area contributed by atoms with Crippen LogP contribution in [0.2, 0.25) is 0 Å². The second-order valence-corrected chi connectivity index (χ2v) is 4.77. The second kappa shape index (κ2) is 6.35. The van der Waals surface area contributed by atoms with Gasteiger partial charge in [0.1, 0.15) is 5.54 Å².